The van der Waals surface area contributed by atoms with Crippen LogP contribution in [0, 0.1) is 0 Å². The van der Waals surface area contributed by atoms with Crippen LogP contribution < -0.4 is 9.80 Å². The van der Waals surface area contributed by atoms with Gasteiger partial charge in [0.1, 0.15) is 11.2 Å². The molecule has 0 unspecified atom stereocenters. The molecule has 0 saturated heterocycles. The van der Waals surface area contributed by atoms with Crippen LogP contribution in [0.3, 0.4) is 0 Å². The van der Waals surface area contributed by atoms with Crippen molar-refractivity contribution in [2.75, 3.05) is 9.80 Å². The van der Waals surface area contributed by atoms with Crippen LogP contribution in [-0.2, 0) is 0 Å². The fraction of sp³-hybridized carbons (Fsp3) is 0. The van der Waals surface area contributed by atoms with E-state index in [0.717, 1.165) is 73.0 Å². The Morgan fingerprint density at radius 2 is 0.518 bits per heavy atom. The number of nitrogens with zero attached hydrogens (tertiary/aromatic N) is 4. The maximum Gasteiger partial charge on any atom is 0.135 e. The van der Waals surface area contributed by atoms with Crippen molar-refractivity contribution in [3.05, 3.63) is 437 Å². The fourth-order valence-corrected chi connectivity index (χ4v) is 17.9. The molecule has 22 aromatic rings. The van der Waals surface area contributed by atoms with E-state index in [1.807, 2.05) is 23.5 Å². The van der Waals surface area contributed by atoms with E-state index >= 15 is 0 Å². The first kappa shape index (κ1) is 67.3. The van der Waals surface area contributed by atoms with Crippen LogP contribution in [0.5, 0.6) is 0 Å². The zero-order valence-electron chi connectivity index (χ0n) is 62.2. The summed E-state index contributed by atoms with van der Waals surface area (Å²) in [6, 6.07) is 158. The second-order valence-corrected chi connectivity index (χ2v) is 30.2. The van der Waals surface area contributed by atoms with Crippen LogP contribution >= 0.6 is 11.3 Å². The highest BCUT2D eigenvalue weighted by atomic mass is 32.1. The molecule has 4 aromatic heterocycles. The predicted octanol–water partition coefficient (Wildman–Crippen LogP) is 30.8. The lowest BCUT2D eigenvalue weighted by atomic mass is 9.97. The summed E-state index contributed by atoms with van der Waals surface area (Å²) in [4.78, 5) is 4.69. The van der Waals surface area contributed by atoms with Crippen molar-refractivity contribution in [3.63, 3.8) is 0 Å². The molecule has 0 bridgehead atoms. The second kappa shape index (κ2) is 28.9. The summed E-state index contributed by atoms with van der Waals surface area (Å²) in [5, 5.41) is 9.83. The number of para-hydroxylation sites is 5. The standard InChI is InChI=1S/C54H36N2O.C54H36N2S/c1-3-12-37(13-4-1)38-22-27-44(28-23-38)55(46-31-33-54-50(36-46)49-19-8-10-21-53(49)57-54)45-29-24-39(25-30-45)40-14-11-15-41(34-40)42-26-32-48-47-18-7-9-20-51(47)56(52(48)35-42)43-16-5-2-6-17-43;1-4-13-37(14-5-1)41-26-31-51-49(34-41)47-30-25-42(35-52(47)56(51)44-19-8-3-9-20-44)40-16-12-15-39(33-40)38-23-27-45(28-24-38)55(43-17-6-2-7-18-43)46-29-32-54-50(36-46)48-21-10-11-22-53(48)57-54/h2*1-36H. The molecule has 4 heterocycles. The molecule has 0 radical (unpaired) electrons. The Labute approximate surface area is 664 Å². The smallest absolute Gasteiger partial charge is 0.135 e. The third-order valence-electron chi connectivity index (χ3n) is 22.4. The number of fused-ring (bicyclic) bond motifs is 12. The molecule has 18 aromatic carbocycles. The molecule has 0 aliphatic rings. The highest BCUT2D eigenvalue weighted by Crippen LogP contribution is 2.46. The third-order valence-corrected chi connectivity index (χ3v) is 23.5. The van der Waals surface area contributed by atoms with Gasteiger partial charge in [-0.05, 0) is 231 Å². The molecular weight excluding hydrogens is 1400 g/mol. The number of hydrogen-bond acceptors (Lipinski definition) is 4. The van der Waals surface area contributed by atoms with Gasteiger partial charge in [-0.2, -0.15) is 0 Å². The lowest BCUT2D eigenvalue weighted by molar-refractivity contribution is 0.669. The average Bonchev–Trinajstić information content (AvgIpc) is 1.59. The first-order chi connectivity index (χ1) is 56.5. The van der Waals surface area contributed by atoms with E-state index in [-0.39, 0.29) is 0 Å². The molecule has 5 nitrogen and oxygen atoms in total. The van der Waals surface area contributed by atoms with Crippen molar-refractivity contribution in [2.45, 2.75) is 0 Å². The van der Waals surface area contributed by atoms with E-state index in [4.69, 9.17) is 4.42 Å². The SMILES string of the molecule is c1ccc(-c2ccc(N(c3ccc(-c4cccc(-c5ccc6c7ccccc7n(-c7ccccc7)c6c5)c4)cc3)c3ccc4oc5ccccc5c4c3)cc2)cc1.c1ccc(-c2ccc3c(c2)c2ccc(-c4cccc(-c5ccc(N(c6ccccc6)c6ccc7sc8ccccc8c7c6)cc5)c4)cc2n3-c2ccccc2)cc1. The summed E-state index contributed by atoms with van der Waals surface area (Å²) < 4.78 is 13.6. The van der Waals surface area contributed by atoms with Crippen LogP contribution in [0.2, 0.25) is 0 Å². The highest BCUT2D eigenvalue weighted by Gasteiger charge is 2.21. The van der Waals surface area contributed by atoms with Crippen molar-refractivity contribution in [1.82, 2.24) is 9.13 Å². The molecule has 0 spiro atoms. The molecular formula is C108H72N4OS. The molecule has 0 fully saturated rings. The minimum atomic E-state index is 0.884. The maximum absolute atomic E-state index is 6.21. The van der Waals surface area contributed by atoms with E-state index in [1.165, 1.54) is 125 Å². The average molecular weight is 1470 g/mol. The predicted molar refractivity (Wildman–Crippen MR) is 484 cm³/mol. The number of aromatic nitrogens is 2. The summed E-state index contributed by atoms with van der Waals surface area (Å²) in [5.74, 6) is 0. The second-order valence-electron chi connectivity index (χ2n) is 29.2. The van der Waals surface area contributed by atoms with Gasteiger partial charge in [-0.1, -0.05) is 273 Å². The third kappa shape index (κ3) is 12.4. The Morgan fingerprint density at radius 1 is 0.175 bits per heavy atom. The molecule has 22 rings (SSSR count). The Bertz CT molecular complexity index is 7310. The van der Waals surface area contributed by atoms with Crippen LogP contribution in [-0.4, -0.2) is 9.13 Å². The van der Waals surface area contributed by atoms with Crippen molar-refractivity contribution >= 4 is 131 Å². The Balaban J connectivity index is 0.000000143. The summed E-state index contributed by atoms with van der Waals surface area (Å²) in [6.07, 6.45) is 0. The largest absolute Gasteiger partial charge is 0.456 e. The van der Waals surface area contributed by atoms with Gasteiger partial charge in [0.15, 0.2) is 0 Å². The number of rotatable bonds is 14. The maximum atomic E-state index is 6.21. The molecule has 0 N–H and O–H groups in total. The van der Waals surface area contributed by atoms with Gasteiger partial charge in [0.25, 0.3) is 0 Å². The molecule has 0 amide bonds. The zero-order chi connectivity index (χ0) is 75.4. The van der Waals surface area contributed by atoms with Gasteiger partial charge in [-0.15, -0.1) is 11.3 Å². The lowest BCUT2D eigenvalue weighted by Crippen LogP contribution is -2.09. The molecule has 0 saturated carbocycles. The minimum Gasteiger partial charge on any atom is -0.456 e. The number of hydrogen-bond donors (Lipinski definition) is 0. The van der Waals surface area contributed by atoms with Gasteiger partial charge in [0, 0.05) is 98.0 Å². The molecule has 0 atom stereocenters. The topological polar surface area (TPSA) is 29.5 Å². The molecule has 6 heteroatoms. The monoisotopic (exact) mass is 1470 g/mol. The number of benzene rings is 18. The zero-order valence-corrected chi connectivity index (χ0v) is 63.0. The van der Waals surface area contributed by atoms with Gasteiger partial charge in [-0.3, -0.25) is 0 Å². The minimum absolute atomic E-state index is 0.884. The summed E-state index contributed by atoms with van der Waals surface area (Å²) in [5.41, 5.74) is 29.8. The lowest BCUT2D eigenvalue weighted by Gasteiger charge is -2.26. The van der Waals surface area contributed by atoms with Crippen LogP contribution in [0.4, 0.5) is 34.1 Å². The van der Waals surface area contributed by atoms with Gasteiger partial charge in [0.05, 0.1) is 22.1 Å². The van der Waals surface area contributed by atoms with Gasteiger partial charge >= 0.3 is 0 Å². The van der Waals surface area contributed by atoms with Gasteiger partial charge in [-0.25, -0.2) is 0 Å². The van der Waals surface area contributed by atoms with Crippen LogP contribution in [0.25, 0.3) is 164 Å². The summed E-state index contributed by atoms with van der Waals surface area (Å²) in [6.45, 7) is 0. The first-order valence-electron chi connectivity index (χ1n) is 38.8. The van der Waals surface area contributed by atoms with Gasteiger partial charge in [0.2, 0.25) is 0 Å². The normalized spacial score (nSPS) is 11.5. The van der Waals surface area contributed by atoms with E-state index in [1.54, 1.807) is 0 Å². The number of anilines is 6. The first-order valence-corrected chi connectivity index (χ1v) is 39.6. The molecule has 0 aliphatic heterocycles. The van der Waals surface area contributed by atoms with Gasteiger partial charge < -0.3 is 23.4 Å². The van der Waals surface area contributed by atoms with Crippen molar-refractivity contribution in [1.29, 1.82) is 0 Å². The highest BCUT2D eigenvalue weighted by molar-refractivity contribution is 7.25. The Kier molecular flexibility index (Phi) is 17.1. The van der Waals surface area contributed by atoms with E-state index in [2.05, 4.69) is 444 Å². The molecule has 536 valence electrons. The Hall–Kier alpha value is -14.8. The summed E-state index contributed by atoms with van der Waals surface area (Å²) >= 11 is 1.85. The molecule has 114 heavy (non-hydrogen) atoms. The van der Waals surface area contributed by atoms with E-state index in [0.29, 0.717) is 0 Å². The van der Waals surface area contributed by atoms with E-state index in [9.17, 15) is 0 Å². The van der Waals surface area contributed by atoms with Crippen LogP contribution in [0.15, 0.2) is 441 Å². The molecule has 0 aliphatic carbocycles. The van der Waals surface area contributed by atoms with Crippen LogP contribution in [0.1, 0.15) is 0 Å². The van der Waals surface area contributed by atoms with Crippen molar-refractivity contribution < 1.29 is 4.42 Å². The Morgan fingerprint density at radius 3 is 1.09 bits per heavy atom. The number of furan rings is 1. The summed E-state index contributed by atoms with van der Waals surface area (Å²) in [7, 11) is 0. The van der Waals surface area contributed by atoms with Crippen molar-refractivity contribution in [3.8, 4) is 78.1 Å². The quantitative estimate of drug-likeness (QED) is 0.109. The fourth-order valence-electron chi connectivity index (χ4n) is 16.8. The number of thiophene rings is 1. The van der Waals surface area contributed by atoms with Crippen molar-refractivity contribution in [2.24, 2.45) is 0 Å². The van der Waals surface area contributed by atoms with E-state index < -0.39 is 0 Å².